The quantitative estimate of drug-likeness (QED) is 0.702. The number of methoxy groups -OCH3 is 2. The van der Waals surface area contributed by atoms with Crippen LogP contribution in [0.25, 0.3) is 0 Å². The van der Waals surface area contributed by atoms with Crippen molar-refractivity contribution in [1.82, 2.24) is 4.90 Å². The van der Waals surface area contributed by atoms with E-state index in [2.05, 4.69) is 10.6 Å². The number of ether oxygens (including phenoxy) is 3. The van der Waals surface area contributed by atoms with Crippen LogP contribution in [0.15, 0.2) is 18.2 Å². The second-order valence-corrected chi connectivity index (χ2v) is 7.89. The van der Waals surface area contributed by atoms with Crippen molar-refractivity contribution in [2.75, 3.05) is 38.0 Å². The normalized spacial score (nSPS) is 12.6. The Morgan fingerprint density at radius 2 is 1.94 bits per heavy atom. The highest BCUT2D eigenvalue weighted by molar-refractivity contribution is 7.17. The Kier molecular flexibility index (Phi) is 7.01. The minimum absolute atomic E-state index is 0.283. The van der Waals surface area contributed by atoms with Gasteiger partial charge in [0.05, 0.1) is 38.6 Å². The van der Waals surface area contributed by atoms with Gasteiger partial charge in [-0.25, -0.2) is 4.79 Å². The second-order valence-electron chi connectivity index (χ2n) is 6.78. The van der Waals surface area contributed by atoms with Gasteiger partial charge in [0.2, 0.25) is 5.91 Å². The van der Waals surface area contributed by atoms with Gasteiger partial charge < -0.3 is 29.7 Å². The molecule has 0 unspecified atom stereocenters. The van der Waals surface area contributed by atoms with Crippen molar-refractivity contribution in [2.45, 2.75) is 26.8 Å². The molecule has 3 amide bonds. The molecule has 9 nitrogen and oxygen atoms in total. The number of nitrogens with one attached hydrogen (secondary N) is 2. The van der Waals surface area contributed by atoms with Crippen LogP contribution in [0.1, 0.15) is 34.6 Å². The van der Waals surface area contributed by atoms with Gasteiger partial charge in [-0.1, -0.05) is 0 Å². The summed E-state index contributed by atoms with van der Waals surface area (Å²) >= 11 is 1.29. The van der Waals surface area contributed by atoms with E-state index in [9.17, 15) is 14.4 Å². The Balaban J connectivity index is 1.94. The van der Waals surface area contributed by atoms with Gasteiger partial charge in [0.15, 0.2) is 0 Å². The zero-order chi connectivity index (χ0) is 22.5. The van der Waals surface area contributed by atoms with Crippen molar-refractivity contribution in [3.8, 4) is 11.5 Å². The number of anilines is 2. The summed E-state index contributed by atoms with van der Waals surface area (Å²) in [5.74, 6) is 0.384. The van der Waals surface area contributed by atoms with E-state index in [4.69, 9.17) is 14.2 Å². The van der Waals surface area contributed by atoms with E-state index in [1.165, 1.54) is 32.5 Å². The van der Waals surface area contributed by atoms with Crippen LogP contribution < -0.4 is 20.1 Å². The molecular weight excluding hydrogens is 422 g/mol. The van der Waals surface area contributed by atoms with E-state index in [0.29, 0.717) is 53.9 Å². The van der Waals surface area contributed by atoms with Crippen molar-refractivity contribution >= 4 is 39.9 Å². The third kappa shape index (κ3) is 4.91. The Bertz CT molecular complexity index is 1000. The SMILES string of the molecule is CCOC(=O)N1CCc2c(sc(NC(C)=O)c2C(=O)Nc2cc(OC)ccc2OC)C1. The van der Waals surface area contributed by atoms with Gasteiger partial charge in [-0.3, -0.25) is 9.59 Å². The molecule has 1 aliphatic rings. The van der Waals surface area contributed by atoms with Gasteiger partial charge in [-0.05, 0) is 31.0 Å². The molecule has 2 aromatic rings. The van der Waals surface area contributed by atoms with Gasteiger partial charge in [-0.2, -0.15) is 0 Å². The smallest absolute Gasteiger partial charge is 0.410 e. The number of thiophene rings is 1. The fourth-order valence-corrected chi connectivity index (χ4v) is 4.67. The maximum atomic E-state index is 13.3. The number of rotatable bonds is 6. The Labute approximate surface area is 184 Å². The average Bonchev–Trinajstić information content (AvgIpc) is 3.10. The molecule has 0 saturated heterocycles. The lowest BCUT2D eigenvalue weighted by Gasteiger charge is -2.26. The molecule has 3 rings (SSSR count). The van der Waals surface area contributed by atoms with Gasteiger partial charge in [0.1, 0.15) is 16.5 Å². The molecule has 0 bridgehead atoms. The zero-order valence-corrected chi connectivity index (χ0v) is 18.7. The Morgan fingerprint density at radius 3 is 2.58 bits per heavy atom. The summed E-state index contributed by atoms with van der Waals surface area (Å²) in [5.41, 5.74) is 1.65. The predicted octanol–water partition coefficient (Wildman–Crippen LogP) is 3.49. The summed E-state index contributed by atoms with van der Waals surface area (Å²) in [6.45, 7) is 4.17. The fraction of sp³-hybridized carbons (Fsp3) is 0.381. The number of carbonyl (C=O) groups is 3. The topological polar surface area (TPSA) is 106 Å². The molecule has 0 radical (unpaired) electrons. The van der Waals surface area contributed by atoms with E-state index in [-0.39, 0.29) is 11.8 Å². The molecule has 1 aliphatic heterocycles. The largest absolute Gasteiger partial charge is 0.497 e. The van der Waals surface area contributed by atoms with Gasteiger partial charge in [0, 0.05) is 24.4 Å². The lowest BCUT2D eigenvalue weighted by Crippen LogP contribution is -2.36. The van der Waals surface area contributed by atoms with E-state index in [1.807, 2.05) is 0 Å². The van der Waals surface area contributed by atoms with E-state index < -0.39 is 6.09 Å². The van der Waals surface area contributed by atoms with Crippen LogP contribution in [-0.4, -0.2) is 50.2 Å². The van der Waals surface area contributed by atoms with Crippen LogP contribution in [0, 0.1) is 0 Å². The molecule has 0 aliphatic carbocycles. The zero-order valence-electron chi connectivity index (χ0n) is 17.9. The first kappa shape index (κ1) is 22.4. The highest BCUT2D eigenvalue weighted by atomic mass is 32.1. The first-order valence-corrected chi connectivity index (χ1v) is 10.6. The van der Waals surface area contributed by atoms with Crippen molar-refractivity contribution in [1.29, 1.82) is 0 Å². The maximum absolute atomic E-state index is 13.3. The van der Waals surface area contributed by atoms with E-state index >= 15 is 0 Å². The Hall–Kier alpha value is -3.27. The van der Waals surface area contributed by atoms with Crippen molar-refractivity contribution in [2.24, 2.45) is 0 Å². The van der Waals surface area contributed by atoms with Crippen LogP contribution in [0.5, 0.6) is 11.5 Å². The number of fused-ring (bicyclic) bond motifs is 1. The lowest BCUT2D eigenvalue weighted by atomic mass is 10.0. The van der Waals surface area contributed by atoms with Crippen molar-refractivity contribution in [3.05, 3.63) is 34.2 Å². The van der Waals surface area contributed by atoms with Crippen LogP contribution in [0.3, 0.4) is 0 Å². The predicted molar refractivity (Wildman–Crippen MR) is 117 cm³/mol. The summed E-state index contributed by atoms with van der Waals surface area (Å²) in [6, 6.07) is 5.09. The number of amides is 3. The maximum Gasteiger partial charge on any atom is 0.410 e. The molecular formula is C21H25N3O6S. The molecule has 0 fully saturated rings. The minimum atomic E-state index is -0.394. The monoisotopic (exact) mass is 447 g/mol. The van der Waals surface area contributed by atoms with Gasteiger partial charge in [-0.15, -0.1) is 11.3 Å². The number of benzene rings is 1. The molecule has 1 aromatic carbocycles. The van der Waals surface area contributed by atoms with Crippen molar-refractivity contribution < 1.29 is 28.6 Å². The van der Waals surface area contributed by atoms with Crippen LogP contribution in [-0.2, 0) is 22.5 Å². The minimum Gasteiger partial charge on any atom is -0.497 e. The summed E-state index contributed by atoms with van der Waals surface area (Å²) in [7, 11) is 3.05. The fourth-order valence-electron chi connectivity index (χ4n) is 3.36. The highest BCUT2D eigenvalue weighted by Crippen LogP contribution is 2.38. The Morgan fingerprint density at radius 1 is 1.16 bits per heavy atom. The summed E-state index contributed by atoms with van der Waals surface area (Å²) in [5, 5.41) is 6.06. The molecule has 0 atom stereocenters. The molecule has 166 valence electrons. The molecule has 10 heteroatoms. The molecule has 1 aromatic heterocycles. The first-order valence-electron chi connectivity index (χ1n) is 9.75. The summed E-state index contributed by atoms with van der Waals surface area (Å²) in [4.78, 5) is 39.6. The van der Waals surface area contributed by atoms with Crippen LogP contribution in [0.4, 0.5) is 15.5 Å². The average molecular weight is 448 g/mol. The van der Waals surface area contributed by atoms with Gasteiger partial charge in [0.25, 0.3) is 5.91 Å². The number of nitrogens with zero attached hydrogens (tertiary/aromatic N) is 1. The standard InChI is InChI=1S/C21H25N3O6S/c1-5-30-21(27)24-9-8-14-17(11-24)31-20(22-12(2)25)18(14)19(26)23-15-10-13(28-3)6-7-16(15)29-4/h6-7,10H,5,8-9,11H2,1-4H3,(H,22,25)(H,23,26). The molecule has 0 saturated carbocycles. The molecule has 0 spiro atoms. The number of hydrogen-bond donors (Lipinski definition) is 2. The van der Waals surface area contributed by atoms with Crippen LogP contribution in [0.2, 0.25) is 0 Å². The number of carbonyl (C=O) groups excluding carboxylic acids is 3. The van der Waals surface area contributed by atoms with Gasteiger partial charge >= 0.3 is 6.09 Å². The van der Waals surface area contributed by atoms with E-state index in [0.717, 1.165) is 10.4 Å². The third-order valence-corrected chi connectivity index (χ3v) is 5.89. The molecule has 2 N–H and O–H groups in total. The lowest BCUT2D eigenvalue weighted by molar-refractivity contribution is -0.114. The van der Waals surface area contributed by atoms with Crippen LogP contribution >= 0.6 is 11.3 Å². The molecule has 31 heavy (non-hydrogen) atoms. The summed E-state index contributed by atoms with van der Waals surface area (Å²) < 4.78 is 15.7. The first-order chi connectivity index (χ1) is 14.9. The highest BCUT2D eigenvalue weighted by Gasteiger charge is 2.31. The van der Waals surface area contributed by atoms with E-state index in [1.54, 1.807) is 30.0 Å². The number of hydrogen-bond acceptors (Lipinski definition) is 7. The molecule has 2 heterocycles. The third-order valence-electron chi connectivity index (χ3n) is 4.75. The second kappa shape index (κ2) is 9.69. The van der Waals surface area contributed by atoms with Crippen molar-refractivity contribution in [3.63, 3.8) is 0 Å². The summed E-state index contributed by atoms with van der Waals surface area (Å²) in [6.07, 6.45) is 0.0807.